The van der Waals surface area contributed by atoms with Gasteiger partial charge in [0.2, 0.25) is 12.6 Å². The monoisotopic (exact) mass is 222 g/mol. The van der Waals surface area contributed by atoms with Crippen molar-refractivity contribution in [1.82, 2.24) is 0 Å². The molecule has 0 amide bonds. The summed E-state index contributed by atoms with van der Waals surface area (Å²) in [5.41, 5.74) is 0. The number of epoxide rings is 2. The zero-order chi connectivity index (χ0) is 11.1. The van der Waals surface area contributed by atoms with E-state index in [9.17, 15) is 0 Å². The molecule has 4 nitrogen and oxygen atoms in total. The summed E-state index contributed by atoms with van der Waals surface area (Å²) < 4.78 is 21.5. The van der Waals surface area contributed by atoms with Crippen LogP contribution in [-0.2, 0) is 9.47 Å². The van der Waals surface area contributed by atoms with Crippen molar-refractivity contribution in [2.75, 3.05) is 0 Å². The molecule has 86 valence electrons. The maximum Gasteiger partial charge on any atom is 0.226 e. The molecule has 2 heterocycles. The van der Waals surface area contributed by atoms with Crippen LogP contribution >= 0.6 is 0 Å². The van der Waals surface area contributed by atoms with Gasteiger partial charge in [0.15, 0.2) is 0 Å². The quantitative estimate of drug-likeness (QED) is 0.730. The van der Waals surface area contributed by atoms with Gasteiger partial charge in [-0.05, 0) is 26.0 Å². The van der Waals surface area contributed by atoms with Gasteiger partial charge >= 0.3 is 0 Å². The molecule has 16 heavy (non-hydrogen) atoms. The van der Waals surface area contributed by atoms with Crippen LogP contribution in [0.4, 0.5) is 0 Å². The molecule has 1 aromatic carbocycles. The van der Waals surface area contributed by atoms with Gasteiger partial charge in [-0.15, -0.1) is 0 Å². The van der Waals surface area contributed by atoms with E-state index in [1.807, 2.05) is 38.1 Å². The fourth-order valence-corrected chi connectivity index (χ4v) is 1.47. The molecule has 0 N–H and O–H groups in total. The van der Waals surface area contributed by atoms with Gasteiger partial charge in [0, 0.05) is 6.07 Å². The minimum absolute atomic E-state index is 0.105. The van der Waals surface area contributed by atoms with Gasteiger partial charge in [0.25, 0.3) is 0 Å². The second kappa shape index (κ2) is 3.64. The first kappa shape index (κ1) is 9.93. The fourth-order valence-electron chi connectivity index (χ4n) is 1.47. The second-order valence-electron chi connectivity index (χ2n) is 4.13. The maximum absolute atomic E-state index is 5.56. The first-order valence-corrected chi connectivity index (χ1v) is 5.47. The normalized spacial score (nSPS) is 35.6. The summed E-state index contributed by atoms with van der Waals surface area (Å²) in [4.78, 5) is 0. The van der Waals surface area contributed by atoms with Crippen LogP contribution in [0.2, 0.25) is 0 Å². The number of hydrogen-bond donors (Lipinski definition) is 0. The molecule has 0 spiro atoms. The fraction of sp³-hybridized carbons (Fsp3) is 0.500. The lowest BCUT2D eigenvalue weighted by molar-refractivity contribution is 0.169. The van der Waals surface area contributed by atoms with Crippen LogP contribution in [0.1, 0.15) is 13.8 Å². The summed E-state index contributed by atoms with van der Waals surface area (Å²) in [6.45, 7) is 3.95. The van der Waals surface area contributed by atoms with Crippen molar-refractivity contribution in [1.29, 1.82) is 0 Å². The van der Waals surface area contributed by atoms with Crippen molar-refractivity contribution in [3.63, 3.8) is 0 Å². The van der Waals surface area contributed by atoms with Crippen LogP contribution in [0.25, 0.3) is 0 Å². The summed E-state index contributed by atoms with van der Waals surface area (Å²) in [7, 11) is 0. The molecule has 4 unspecified atom stereocenters. The van der Waals surface area contributed by atoms with Crippen LogP contribution in [0.15, 0.2) is 24.3 Å². The highest BCUT2D eigenvalue weighted by Crippen LogP contribution is 2.30. The molecule has 2 aliphatic heterocycles. The SMILES string of the molecule is CC1OC1Oc1cccc(OC2OC2C)c1. The third-order valence-electron chi connectivity index (χ3n) is 2.62. The molecule has 0 aromatic heterocycles. The molecule has 2 saturated heterocycles. The van der Waals surface area contributed by atoms with Crippen LogP contribution in [-0.4, -0.2) is 24.8 Å². The predicted octanol–water partition coefficient (Wildman–Crippen LogP) is 1.93. The van der Waals surface area contributed by atoms with E-state index >= 15 is 0 Å². The minimum atomic E-state index is -0.105. The zero-order valence-corrected chi connectivity index (χ0v) is 9.25. The Morgan fingerprint density at radius 3 is 1.75 bits per heavy atom. The molecule has 0 saturated carbocycles. The van der Waals surface area contributed by atoms with Gasteiger partial charge in [-0.2, -0.15) is 0 Å². The summed E-state index contributed by atoms with van der Waals surface area (Å²) >= 11 is 0. The van der Waals surface area contributed by atoms with E-state index in [1.54, 1.807) is 0 Å². The van der Waals surface area contributed by atoms with E-state index in [0.29, 0.717) is 0 Å². The highest BCUT2D eigenvalue weighted by molar-refractivity contribution is 5.33. The van der Waals surface area contributed by atoms with Gasteiger partial charge in [-0.1, -0.05) is 6.07 Å². The third-order valence-corrected chi connectivity index (χ3v) is 2.62. The lowest BCUT2D eigenvalue weighted by atomic mass is 10.3. The molecule has 3 rings (SSSR count). The molecule has 1 aromatic rings. The van der Waals surface area contributed by atoms with Gasteiger partial charge < -0.3 is 18.9 Å². The van der Waals surface area contributed by atoms with E-state index in [2.05, 4.69) is 0 Å². The van der Waals surface area contributed by atoms with Crippen molar-refractivity contribution in [2.45, 2.75) is 38.6 Å². The summed E-state index contributed by atoms with van der Waals surface area (Å²) in [5.74, 6) is 1.53. The molecule has 4 atom stereocenters. The Morgan fingerprint density at radius 2 is 1.38 bits per heavy atom. The van der Waals surface area contributed by atoms with Gasteiger partial charge in [0.05, 0.1) is 0 Å². The maximum atomic E-state index is 5.56. The van der Waals surface area contributed by atoms with Gasteiger partial charge in [-0.25, -0.2) is 0 Å². The summed E-state index contributed by atoms with van der Waals surface area (Å²) in [6, 6.07) is 7.52. The van der Waals surface area contributed by atoms with Gasteiger partial charge in [-0.3, -0.25) is 0 Å². The van der Waals surface area contributed by atoms with Crippen molar-refractivity contribution in [3.05, 3.63) is 24.3 Å². The van der Waals surface area contributed by atoms with E-state index in [-0.39, 0.29) is 24.8 Å². The second-order valence-corrected chi connectivity index (χ2v) is 4.13. The molecule has 0 radical (unpaired) electrons. The molecule has 2 fully saturated rings. The Kier molecular flexibility index (Phi) is 2.26. The van der Waals surface area contributed by atoms with Crippen LogP contribution in [0.5, 0.6) is 11.5 Å². The predicted molar refractivity (Wildman–Crippen MR) is 56.4 cm³/mol. The topological polar surface area (TPSA) is 43.5 Å². The lowest BCUT2D eigenvalue weighted by Crippen LogP contribution is -2.03. The molecular formula is C12H14O4. The molecule has 4 heteroatoms. The van der Waals surface area contributed by atoms with Crippen molar-refractivity contribution >= 4 is 0 Å². The molecule has 0 bridgehead atoms. The standard InChI is InChI=1S/C12H14O4/c1-7-11(13-7)15-9-4-3-5-10(6-9)16-12-8(2)14-12/h3-8,11-12H,1-2H3. The number of rotatable bonds is 4. The Balaban J connectivity index is 1.63. The van der Waals surface area contributed by atoms with Crippen molar-refractivity contribution in [3.8, 4) is 11.5 Å². The lowest BCUT2D eigenvalue weighted by Gasteiger charge is -2.06. The average molecular weight is 222 g/mol. The minimum Gasteiger partial charge on any atom is -0.462 e. The Hall–Kier alpha value is -1.26. The van der Waals surface area contributed by atoms with E-state index in [0.717, 1.165) is 11.5 Å². The van der Waals surface area contributed by atoms with Crippen LogP contribution < -0.4 is 9.47 Å². The van der Waals surface area contributed by atoms with E-state index in [4.69, 9.17) is 18.9 Å². The first-order valence-electron chi connectivity index (χ1n) is 5.47. The smallest absolute Gasteiger partial charge is 0.226 e. The molecule has 2 aliphatic rings. The van der Waals surface area contributed by atoms with Crippen LogP contribution in [0, 0.1) is 0 Å². The third kappa shape index (κ3) is 2.13. The van der Waals surface area contributed by atoms with E-state index in [1.165, 1.54) is 0 Å². The highest BCUT2D eigenvalue weighted by Gasteiger charge is 2.38. The zero-order valence-electron chi connectivity index (χ0n) is 9.25. The van der Waals surface area contributed by atoms with Crippen molar-refractivity contribution in [2.24, 2.45) is 0 Å². The summed E-state index contributed by atoms with van der Waals surface area (Å²) in [5, 5.41) is 0. The summed E-state index contributed by atoms with van der Waals surface area (Å²) in [6.07, 6.45) is 0.172. The largest absolute Gasteiger partial charge is 0.462 e. The number of ether oxygens (including phenoxy) is 4. The Morgan fingerprint density at radius 1 is 0.938 bits per heavy atom. The Bertz CT molecular complexity index is 359. The molecular weight excluding hydrogens is 208 g/mol. The Labute approximate surface area is 94.1 Å². The number of hydrogen-bond acceptors (Lipinski definition) is 4. The first-order chi connectivity index (χ1) is 7.72. The van der Waals surface area contributed by atoms with Gasteiger partial charge in [0.1, 0.15) is 23.7 Å². The van der Waals surface area contributed by atoms with E-state index < -0.39 is 0 Å². The van der Waals surface area contributed by atoms with Crippen molar-refractivity contribution < 1.29 is 18.9 Å². The highest BCUT2D eigenvalue weighted by atomic mass is 16.8. The number of benzene rings is 1. The average Bonchev–Trinajstić information content (AvgIpc) is 3.11. The molecule has 0 aliphatic carbocycles. The van der Waals surface area contributed by atoms with Crippen LogP contribution in [0.3, 0.4) is 0 Å².